The van der Waals surface area contributed by atoms with Crippen molar-refractivity contribution in [2.75, 3.05) is 6.54 Å². The number of nitrogens with zero attached hydrogens (tertiary/aromatic N) is 2. The van der Waals surface area contributed by atoms with Crippen LogP contribution in [0.1, 0.15) is 12.5 Å². The molecule has 2 rings (SSSR count). The highest BCUT2D eigenvalue weighted by molar-refractivity contribution is 8.03. The van der Waals surface area contributed by atoms with Gasteiger partial charge < -0.3 is 0 Å². The van der Waals surface area contributed by atoms with Crippen LogP contribution in [0.2, 0.25) is 0 Å². The SMILES string of the molecule is CCN=C/C=C1\Cc2cccnc2S1. The van der Waals surface area contributed by atoms with Crippen LogP contribution >= 0.6 is 11.8 Å². The first-order chi connectivity index (χ1) is 6.90. The van der Waals surface area contributed by atoms with Gasteiger partial charge in [0.25, 0.3) is 0 Å². The Morgan fingerprint density at radius 1 is 1.64 bits per heavy atom. The number of hydrogen-bond donors (Lipinski definition) is 0. The van der Waals surface area contributed by atoms with E-state index in [1.54, 1.807) is 11.8 Å². The summed E-state index contributed by atoms with van der Waals surface area (Å²) < 4.78 is 0. The van der Waals surface area contributed by atoms with Crippen LogP contribution in [0, 0.1) is 0 Å². The second-order valence-electron chi connectivity index (χ2n) is 3.03. The molecule has 0 fully saturated rings. The molecular weight excluding hydrogens is 192 g/mol. The minimum atomic E-state index is 0.847. The van der Waals surface area contributed by atoms with Crippen LogP contribution in [0.15, 0.2) is 39.3 Å². The highest BCUT2D eigenvalue weighted by Gasteiger charge is 2.15. The van der Waals surface area contributed by atoms with Crippen molar-refractivity contribution < 1.29 is 0 Å². The Kier molecular flexibility index (Phi) is 2.99. The van der Waals surface area contributed by atoms with E-state index in [0.717, 1.165) is 18.0 Å². The van der Waals surface area contributed by atoms with Crippen LogP contribution in [-0.2, 0) is 6.42 Å². The molecule has 0 amide bonds. The Balaban J connectivity index is 2.11. The molecule has 0 N–H and O–H groups in total. The number of rotatable bonds is 2. The van der Waals surface area contributed by atoms with Crippen LogP contribution < -0.4 is 0 Å². The molecule has 14 heavy (non-hydrogen) atoms. The number of aromatic nitrogens is 1. The summed E-state index contributed by atoms with van der Waals surface area (Å²) >= 11 is 1.75. The molecule has 0 aromatic carbocycles. The van der Waals surface area contributed by atoms with Gasteiger partial charge in [0.05, 0.1) is 0 Å². The predicted octanol–water partition coefficient (Wildman–Crippen LogP) is 2.70. The van der Waals surface area contributed by atoms with Crippen molar-refractivity contribution in [3.63, 3.8) is 0 Å². The first-order valence-electron chi connectivity index (χ1n) is 4.71. The van der Waals surface area contributed by atoms with Crippen molar-refractivity contribution >= 4 is 18.0 Å². The van der Waals surface area contributed by atoms with E-state index >= 15 is 0 Å². The Labute approximate surface area is 88.2 Å². The van der Waals surface area contributed by atoms with Gasteiger partial charge in [-0.3, -0.25) is 4.99 Å². The smallest absolute Gasteiger partial charge is 0.104 e. The summed E-state index contributed by atoms with van der Waals surface area (Å²) in [6, 6.07) is 4.12. The van der Waals surface area contributed by atoms with E-state index in [1.807, 2.05) is 25.4 Å². The number of hydrogen-bond acceptors (Lipinski definition) is 3. The molecule has 0 saturated carbocycles. The molecule has 1 aromatic rings. The van der Waals surface area contributed by atoms with Crippen LogP contribution in [0.5, 0.6) is 0 Å². The van der Waals surface area contributed by atoms with Gasteiger partial charge in [0, 0.05) is 25.4 Å². The molecule has 0 radical (unpaired) electrons. The maximum absolute atomic E-state index is 4.32. The molecule has 0 bridgehead atoms. The van der Waals surface area contributed by atoms with E-state index < -0.39 is 0 Å². The molecular formula is C11H12N2S. The Hall–Kier alpha value is -1.09. The summed E-state index contributed by atoms with van der Waals surface area (Å²) in [5.41, 5.74) is 1.33. The van der Waals surface area contributed by atoms with Crippen LogP contribution in [-0.4, -0.2) is 17.7 Å². The topological polar surface area (TPSA) is 25.2 Å². The van der Waals surface area contributed by atoms with E-state index in [4.69, 9.17) is 0 Å². The van der Waals surface area contributed by atoms with E-state index in [2.05, 4.69) is 22.1 Å². The van der Waals surface area contributed by atoms with Crippen molar-refractivity contribution in [1.82, 2.24) is 4.98 Å². The summed E-state index contributed by atoms with van der Waals surface area (Å²) in [4.78, 5) is 9.81. The van der Waals surface area contributed by atoms with Crippen LogP contribution in [0.4, 0.5) is 0 Å². The van der Waals surface area contributed by atoms with Crippen molar-refractivity contribution in [3.05, 3.63) is 34.9 Å². The van der Waals surface area contributed by atoms with Crippen LogP contribution in [0.3, 0.4) is 0 Å². The fourth-order valence-electron chi connectivity index (χ4n) is 1.33. The normalized spacial score (nSPS) is 17.9. The molecule has 1 aliphatic rings. The largest absolute Gasteiger partial charge is 0.293 e. The standard InChI is InChI=1S/C11H12N2S/c1-2-12-7-5-10-8-9-4-3-6-13-11(9)14-10/h3-7H,2,8H2,1H3/b10-5+,12-7?. The van der Waals surface area contributed by atoms with E-state index in [9.17, 15) is 0 Å². The Bertz CT molecular complexity index is 356. The van der Waals surface area contributed by atoms with E-state index in [-0.39, 0.29) is 0 Å². The second-order valence-corrected chi connectivity index (χ2v) is 4.14. The summed E-state index contributed by atoms with van der Waals surface area (Å²) in [7, 11) is 0. The fraction of sp³-hybridized carbons (Fsp3) is 0.273. The zero-order valence-corrected chi connectivity index (χ0v) is 8.92. The molecule has 0 aliphatic carbocycles. The Morgan fingerprint density at radius 2 is 2.57 bits per heavy atom. The van der Waals surface area contributed by atoms with Crippen molar-refractivity contribution in [2.45, 2.75) is 18.4 Å². The van der Waals surface area contributed by atoms with Gasteiger partial charge in [-0.15, -0.1) is 0 Å². The monoisotopic (exact) mass is 204 g/mol. The predicted molar refractivity (Wildman–Crippen MR) is 60.9 cm³/mol. The molecule has 0 saturated heterocycles. The van der Waals surface area contributed by atoms with Crippen molar-refractivity contribution in [1.29, 1.82) is 0 Å². The highest BCUT2D eigenvalue weighted by Crippen LogP contribution is 2.37. The third-order valence-electron chi connectivity index (χ3n) is 1.99. The van der Waals surface area contributed by atoms with Gasteiger partial charge in [0.1, 0.15) is 5.03 Å². The van der Waals surface area contributed by atoms with E-state index in [0.29, 0.717) is 0 Å². The number of fused-ring (bicyclic) bond motifs is 1. The average molecular weight is 204 g/mol. The van der Waals surface area contributed by atoms with Gasteiger partial charge in [0.2, 0.25) is 0 Å². The van der Waals surface area contributed by atoms with Gasteiger partial charge >= 0.3 is 0 Å². The molecule has 1 aliphatic heterocycles. The number of allylic oxidation sites excluding steroid dienone is 2. The minimum Gasteiger partial charge on any atom is -0.293 e. The number of thioether (sulfide) groups is 1. The molecule has 72 valence electrons. The lowest BCUT2D eigenvalue weighted by Gasteiger charge is -1.90. The number of pyridine rings is 1. The van der Waals surface area contributed by atoms with Gasteiger partial charge in [-0.1, -0.05) is 17.8 Å². The minimum absolute atomic E-state index is 0.847. The van der Waals surface area contributed by atoms with Gasteiger partial charge in [-0.05, 0) is 29.5 Å². The maximum Gasteiger partial charge on any atom is 0.104 e. The lowest BCUT2D eigenvalue weighted by atomic mass is 10.2. The number of aliphatic imine (C=N–C) groups is 1. The molecule has 1 aromatic heterocycles. The summed E-state index contributed by atoms with van der Waals surface area (Å²) in [6.07, 6.45) is 6.81. The molecule has 2 nitrogen and oxygen atoms in total. The molecule has 2 heterocycles. The first kappa shape index (κ1) is 9.46. The van der Waals surface area contributed by atoms with Gasteiger partial charge in [-0.25, -0.2) is 4.98 Å². The summed E-state index contributed by atoms with van der Waals surface area (Å²) in [5.74, 6) is 0. The molecule has 0 unspecified atom stereocenters. The zero-order valence-electron chi connectivity index (χ0n) is 8.10. The lowest BCUT2D eigenvalue weighted by Crippen LogP contribution is -1.81. The van der Waals surface area contributed by atoms with Crippen LogP contribution in [0.25, 0.3) is 0 Å². The summed E-state index contributed by atoms with van der Waals surface area (Å²) in [5, 5.41) is 1.14. The molecule has 0 spiro atoms. The van der Waals surface area contributed by atoms with Gasteiger partial charge in [-0.2, -0.15) is 0 Å². The molecule has 0 atom stereocenters. The van der Waals surface area contributed by atoms with Crippen molar-refractivity contribution in [2.24, 2.45) is 4.99 Å². The summed E-state index contributed by atoms with van der Waals surface area (Å²) in [6.45, 7) is 2.88. The third kappa shape index (κ3) is 2.04. The quantitative estimate of drug-likeness (QED) is 0.692. The zero-order chi connectivity index (χ0) is 9.80. The van der Waals surface area contributed by atoms with Gasteiger partial charge in [0.15, 0.2) is 0 Å². The van der Waals surface area contributed by atoms with E-state index in [1.165, 1.54) is 10.5 Å². The van der Waals surface area contributed by atoms with Crippen molar-refractivity contribution in [3.8, 4) is 0 Å². The second kappa shape index (κ2) is 4.42. The Morgan fingerprint density at radius 3 is 3.36 bits per heavy atom. The third-order valence-corrected chi connectivity index (χ3v) is 3.09. The highest BCUT2D eigenvalue weighted by atomic mass is 32.2. The first-order valence-corrected chi connectivity index (χ1v) is 5.52. The lowest BCUT2D eigenvalue weighted by molar-refractivity contribution is 1.07. The fourth-order valence-corrected chi connectivity index (χ4v) is 2.32. The molecule has 3 heteroatoms. The average Bonchev–Trinajstić information content (AvgIpc) is 2.60. The maximum atomic E-state index is 4.32.